The molecule has 2 aromatic carbocycles. The first kappa shape index (κ1) is 21.7. The van der Waals surface area contributed by atoms with Crippen molar-refractivity contribution in [1.82, 2.24) is 10.3 Å². The molecule has 2 heterocycles. The number of hydrogen-bond donors (Lipinski definition) is 1. The Bertz CT molecular complexity index is 963. The van der Waals surface area contributed by atoms with Crippen molar-refractivity contribution in [3.05, 3.63) is 52.5 Å². The molecule has 0 amide bonds. The van der Waals surface area contributed by atoms with Crippen LogP contribution in [0.1, 0.15) is 6.42 Å². The minimum atomic E-state index is -0.544. The lowest BCUT2D eigenvalue weighted by Gasteiger charge is -2.36. The molecule has 1 saturated heterocycles. The lowest BCUT2D eigenvalue weighted by molar-refractivity contribution is -0.109. The molecule has 1 fully saturated rings. The molecule has 2 aliphatic heterocycles. The first-order valence-electron chi connectivity index (χ1n) is 10.2. The maximum absolute atomic E-state index is 11.5. The van der Waals surface area contributed by atoms with Crippen molar-refractivity contribution >= 4 is 46.7 Å². The first-order chi connectivity index (χ1) is 15.1. The summed E-state index contributed by atoms with van der Waals surface area (Å²) in [5.74, 6) is 1.68. The van der Waals surface area contributed by atoms with E-state index in [9.17, 15) is 4.79 Å². The van der Waals surface area contributed by atoms with Crippen molar-refractivity contribution < 1.29 is 9.53 Å². The van der Waals surface area contributed by atoms with Crippen molar-refractivity contribution in [2.24, 2.45) is 5.10 Å². The van der Waals surface area contributed by atoms with Gasteiger partial charge in [-0.2, -0.15) is 5.10 Å². The maximum atomic E-state index is 11.5. The van der Waals surface area contributed by atoms with Crippen LogP contribution in [0.4, 0.5) is 11.4 Å². The van der Waals surface area contributed by atoms with Gasteiger partial charge in [-0.3, -0.25) is 20.0 Å². The van der Waals surface area contributed by atoms with Gasteiger partial charge in [-0.05, 0) is 30.3 Å². The standard InChI is InChI=1S/C22H25Cl2N5O2/c1-31-18-4-2-3-16(13-18)28-11-9-27(10-12-28)8-7-21-25-26-22(15-30)29(21)17-5-6-19(23)20(24)14-17/h2-6,13-15,22,26H,7-12H2,1H3. The molecule has 0 spiro atoms. The van der Waals surface area contributed by atoms with Crippen LogP contribution in [0.3, 0.4) is 0 Å². The Kier molecular flexibility index (Phi) is 6.85. The molecule has 31 heavy (non-hydrogen) atoms. The molecule has 1 unspecified atom stereocenters. The molecule has 7 nitrogen and oxygen atoms in total. The number of rotatable bonds is 7. The van der Waals surface area contributed by atoms with Gasteiger partial charge in [0.25, 0.3) is 0 Å². The number of halogens is 2. The predicted octanol–water partition coefficient (Wildman–Crippen LogP) is 3.46. The zero-order valence-electron chi connectivity index (χ0n) is 17.3. The molecule has 1 N–H and O–H groups in total. The lowest BCUT2D eigenvalue weighted by Crippen LogP contribution is -2.48. The minimum absolute atomic E-state index is 0.448. The van der Waals surface area contributed by atoms with Gasteiger partial charge in [0.15, 0.2) is 12.5 Å². The highest BCUT2D eigenvalue weighted by Gasteiger charge is 2.29. The van der Waals surface area contributed by atoms with E-state index in [1.54, 1.807) is 19.2 Å². The van der Waals surface area contributed by atoms with Gasteiger partial charge in [0, 0.05) is 56.6 Å². The number of nitrogens with zero attached hydrogens (tertiary/aromatic N) is 4. The SMILES string of the molecule is COc1cccc(N2CCN(CCC3=NNC(C=O)N3c3ccc(Cl)c(Cl)c3)CC2)c1. The van der Waals surface area contributed by atoms with Crippen LogP contribution in [-0.4, -0.2) is 63.0 Å². The van der Waals surface area contributed by atoms with E-state index >= 15 is 0 Å². The van der Waals surface area contributed by atoms with Gasteiger partial charge >= 0.3 is 0 Å². The molecule has 1 atom stereocenters. The molecule has 4 rings (SSSR count). The Morgan fingerprint density at radius 3 is 2.61 bits per heavy atom. The van der Waals surface area contributed by atoms with Crippen LogP contribution in [0.15, 0.2) is 47.6 Å². The summed E-state index contributed by atoms with van der Waals surface area (Å²) in [5.41, 5.74) is 4.87. The molecule has 2 aliphatic rings. The van der Waals surface area contributed by atoms with Gasteiger partial charge in [0.2, 0.25) is 0 Å². The second-order valence-electron chi connectivity index (χ2n) is 7.49. The third kappa shape index (κ3) is 4.89. The van der Waals surface area contributed by atoms with Crippen molar-refractivity contribution in [3.8, 4) is 5.75 Å². The van der Waals surface area contributed by atoms with Crippen LogP contribution < -0.4 is 20.0 Å². The molecule has 9 heteroatoms. The highest BCUT2D eigenvalue weighted by Crippen LogP contribution is 2.29. The third-order valence-electron chi connectivity index (χ3n) is 5.63. The van der Waals surface area contributed by atoms with Crippen LogP contribution >= 0.6 is 23.2 Å². The Balaban J connectivity index is 1.35. The monoisotopic (exact) mass is 461 g/mol. The summed E-state index contributed by atoms with van der Waals surface area (Å²) in [6, 6.07) is 13.5. The number of ether oxygens (including phenoxy) is 1. The van der Waals surface area contributed by atoms with Gasteiger partial charge in [0.1, 0.15) is 11.6 Å². The Morgan fingerprint density at radius 2 is 1.90 bits per heavy atom. The summed E-state index contributed by atoms with van der Waals surface area (Å²) in [5, 5.41) is 5.33. The molecular formula is C22H25Cl2N5O2. The number of methoxy groups -OCH3 is 1. The number of amidine groups is 1. The minimum Gasteiger partial charge on any atom is -0.497 e. The highest BCUT2D eigenvalue weighted by atomic mass is 35.5. The molecule has 0 radical (unpaired) electrons. The Labute approximate surface area is 192 Å². The molecule has 0 aromatic heterocycles. The maximum Gasteiger partial charge on any atom is 0.177 e. The van der Waals surface area contributed by atoms with Crippen LogP contribution in [0.2, 0.25) is 10.0 Å². The average molecular weight is 462 g/mol. The summed E-state index contributed by atoms with van der Waals surface area (Å²) in [7, 11) is 1.69. The van der Waals surface area contributed by atoms with E-state index in [0.29, 0.717) is 10.0 Å². The summed E-state index contributed by atoms with van der Waals surface area (Å²) >= 11 is 12.2. The number of piperazine rings is 1. The lowest BCUT2D eigenvalue weighted by atomic mass is 10.2. The van der Waals surface area contributed by atoms with Crippen LogP contribution in [0.25, 0.3) is 0 Å². The van der Waals surface area contributed by atoms with E-state index in [0.717, 1.165) is 62.7 Å². The fourth-order valence-electron chi connectivity index (χ4n) is 3.92. The zero-order valence-corrected chi connectivity index (χ0v) is 18.8. The molecule has 0 bridgehead atoms. The zero-order chi connectivity index (χ0) is 21.8. The first-order valence-corrected chi connectivity index (χ1v) is 11.0. The van der Waals surface area contributed by atoms with E-state index < -0.39 is 6.17 Å². The van der Waals surface area contributed by atoms with E-state index in [1.807, 2.05) is 23.1 Å². The van der Waals surface area contributed by atoms with E-state index in [-0.39, 0.29) is 0 Å². The van der Waals surface area contributed by atoms with Crippen molar-refractivity contribution in [2.45, 2.75) is 12.6 Å². The average Bonchev–Trinajstić information content (AvgIpc) is 3.23. The number of carbonyl (C=O) groups is 1. The summed E-state index contributed by atoms with van der Waals surface area (Å²) in [4.78, 5) is 18.2. The van der Waals surface area contributed by atoms with Gasteiger partial charge in [0.05, 0.1) is 17.2 Å². The number of nitrogens with one attached hydrogen (secondary N) is 1. The van der Waals surface area contributed by atoms with Crippen molar-refractivity contribution in [3.63, 3.8) is 0 Å². The van der Waals surface area contributed by atoms with Crippen LogP contribution in [0, 0.1) is 0 Å². The Morgan fingerprint density at radius 1 is 1.10 bits per heavy atom. The van der Waals surface area contributed by atoms with Crippen LogP contribution in [0.5, 0.6) is 5.75 Å². The number of hydrogen-bond acceptors (Lipinski definition) is 7. The normalized spacial score (nSPS) is 19.2. The summed E-state index contributed by atoms with van der Waals surface area (Å²) in [6.07, 6.45) is 1.01. The second kappa shape index (κ2) is 9.77. The van der Waals surface area contributed by atoms with Gasteiger partial charge in [-0.25, -0.2) is 0 Å². The van der Waals surface area contributed by atoms with E-state index in [2.05, 4.69) is 32.5 Å². The molecule has 2 aromatic rings. The number of hydrazone groups is 1. The predicted molar refractivity (Wildman–Crippen MR) is 126 cm³/mol. The number of aldehydes is 1. The molecule has 164 valence electrons. The summed E-state index contributed by atoms with van der Waals surface area (Å²) < 4.78 is 5.34. The van der Waals surface area contributed by atoms with Crippen molar-refractivity contribution in [2.75, 3.05) is 49.6 Å². The Hall–Kier alpha value is -2.48. The van der Waals surface area contributed by atoms with E-state index in [4.69, 9.17) is 27.9 Å². The van der Waals surface area contributed by atoms with Gasteiger partial charge in [-0.15, -0.1) is 0 Å². The fourth-order valence-corrected chi connectivity index (χ4v) is 4.21. The molecule has 0 aliphatic carbocycles. The topological polar surface area (TPSA) is 60.4 Å². The van der Waals surface area contributed by atoms with E-state index in [1.165, 1.54) is 5.69 Å². The fraction of sp³-hybridized carbons (Fsp3) is 0.364. The van der Waals surface area contributed by atoms with Gasteiger partial charge in [-0.1, -0.05) is 29.3 Å². The number of anilines is 2. The quantitative estimate of drug-likeness (QED) is 0.637. The molecular weight excluding hydrogens is 437 g/mol. The number of benzene rings is 2. The second-order valence-corrected chi connectivity index (χ2v) is 8.30. The van der Waals surface area contributed by atoms with Crippen molar-refractivity contribution in [1.29, 1.82) is 0 Å². The summed E-state index contributed by atoms with van der Waals surface area (Å²) in [6.45, 7) is 4.68. The molecule has 0 saturated carbocycles. The number of carbonyl (C=O) groups excluding carboxylic acids is 1. The largest absolute Gasteiger partial charge is 0.497 e. The third-order valence-corrected chi connectivity index (χ3v) is 6.37. The highest BCUT2D eigenvalue weighted by molar-refractivity contribution is 6.42. The van der Waals surface area contributed by atoms with Gasteiger partial charge < -0.3 is 9.64 Å². The van der Waals surface area contributed by atoms with Crippen LogP contribution in [-0.2, 0) is 4.79 Å². The smallest absolute Gasteiger partial charge is 0.177 e.